The Morgan fingerprint density at radius 1 is 0.769 bits per heavy atom. The molecule has 26 heavy (non-hydrogen) atoms. The molecule has 0 radical (unpaired) electrons. The van der Waals surface area contributed by atoms with E-state index in [0.717, 1.165) is 21.3 Å². The molecule has 1 fully saturated rings. The number of halogens is 1. The number of benzene rings is 3. The fourth-order valence-electron chi connectivity index (χ4n) is 3.49. The number of hydrogen-bond acceptors (Lipinski definition) is 3. The number of rotatable bonds is 4. The fourth-order valence-corrected chi connectivity index (χ4v) is 3.89. The minimum absolute atomic E-state index is 0.113. The molecule has 1 aliphatic heterocycles. The van der Waals surface area contributed by atoms with Gasteiger partial charge in [0.1, 0.15) is 0 Å². The van der Waals surface area contributed by atoms with Crippen molar-refractivity contribution in [2.24, 2.45) is 0 Å². The maximum Gasteiger partial charge on any atom is 0.316 e. The number of nitrogens with one attached hydrogen (secondary N) is 1. The van der Waals surface area contributed by atoms with E-state index in [1.54, 1.807) is 0 Å². The van der Waals surface area contributed by atoms with E-state index in [2.05, 4.69) is 33.4 Å². The van der Waals surface area contributed by atoms with E-state index in [9.17, 15) is 4.79 Å². The molecule has 3 unspecified atom stereocenters. The Morgan fingerprint density at radius 2 is 1.35 bits per heavy atom. The predicted molar refractivity (Wildman–Crippen MR) is 106 cm³/mol. The summed E-state index contributed by atoms with van der Waals surface area (Å²) in [7, 11) is 0. The van der Waals surface area contributed by atoms with Gasteiger partial charge in [-0.25, -0.2) is 0 Å². The number of carbonyl (C=O) groups excluding carboxylic acids is 1. The smallest absolute Gasteiger partial charge is 0.316 e. The van der Waals surface area contributed by atoms with Gasteiger partial charge in [-0.1, -0.05) is 72.8 Å². The maximum atomic E-state index is 12.8. The van der Waals surface area contributed by atoms with Gasteiger partial charge >= 0.3 is 5.97 Å². The Hall–Kier alpha value is -2.59. The van der Waals surface area contributed by atoms with Gasteiger partial charge in [-0.05, 0) is 39.2 Å². The van der Waals surface area contributed by atoms with Crippen LogP contribution < -0.4 is 5.32 Å². The van der Waals surface area contributed by atoms with Crippen LogP contribution in [-0.4, -0.2) is 12.2 Å². The molecule has 0 aliphatic carbocycles. The van der Waals surface area contributed by atoms with Crippen molar-refractivity contribution in [3.63, 3.8) is 0 Å². The van der Waals surface area contributed by atoms with Crippen LogP contribution in [0.15, 0.2) is 89.4 Å². The van der Waals surface area contributed by atoms with Gasteiger partial charge in [-0.3, -0.25) is 4.79 Å². The largest absolute Gasteiger partial charge is 0.441 e. The minimum Gasteiger partial charge on any atom is -0.441 e. The monoisotopic (exact) mass is 407 g/mol. The minimum atomic E-state index is -0.436. The van der Waals surface area contributed by atoms with Crippen LogP contribution in [0.5, 0.6) is 0 Å². The van der Waals surface area contributed by atoms with Crippen LogP contribution in [0.25, 0.3) is 0 Å². The molecule has 130 valence electrons. The maximum absolute atomic E-state index is 12.8. The molecule has 4 rings (SSSR count). The third-order valence-electron chi connectivity index (χ3n) is 4.70. The Kier molecular flexibility index (Phi) is 4.76. The van der Waals surface area contributed by atoms with Gasteiger partial charge in [0.25, 0.3) is 0 Å². The van der Waals surface area contributed by atoms with Crippen LogP contribution >= 0.6 is 15.9 Å². The molecule has 3 nitrogen and oxygen atoms in total. The van der Waals surface area contributed by atoms with Gasteiger partial charge in [0.2, 0.25) is 0 Å². The first-order valence-electron chi connectivity index (χ1n) is 8.55. The van der Waals surface area contributed by atoms with Crippen molar-refractivity contribution < 1.29 is 9.53 Å². The molecule has 0 aromatic heterocycles. The van der Waals surface area contributed by atoms with Crippen molar-refractivity contribution >= 4 is 27.6 Å². The predicted octanol–water partition coefficient (Wildman–Crippen LogP) is 5.31. The van der Waals surface area contributed by atoms with Gasteiger partial charge in [-0.2, -0.15) is 0 Å². The second kappa shape index (κ2) is 7.34. The zero-order valence-electron chi connectivity index (χ0n) is 14.0. The molecule has 0 saturated carbocycles. The fraction of sp³-hybridized carbons (Fsp3) is 0.136. The van der Waals surface area contributed by atoms with Crippen molar-refractivity contribution in [3.8, 4) is 0 Å². The zero-order chi connectivity index (χ0) is 17.9. The lowest BCUT2D eigenvalue weighted by Gasteiger charge is -2.23. The second-order valence-corrected chi connectivity index (χ2v) is 7.16. The first-order chi connectivity index (χ1) is 12.7. The lowest BCUT2D eigenvalue weighted by Crippen LogP contribution is -2.26. The van der Waals surface area contributed by atoms with Gasteiger partial charge < -0.3 is 10.1 Å². The molecule has 3 atom stereocenters. The SMILES string of the molecule is O=C1OC(Nc2ccccc2Br)C(c2ccccc2)C1c1ccccc1. The molecule has 3 aromatic rings. The Labute approximate surface area is 161 Å². The van der Waals surface area contributed by atoms with Gasteiger partial charge in [0, 0.05) is 4.47 Å². The average Bonchev–Trinajstić information content (AvgIpc) is 3.01. The highest BCUT2D eigenvalue weighted by Crippen LogP contribution is 2.44. The topological polar surface area (TPSA) is 38.3 Å². The molecule has 0 amide bonds. The molecular formula is C22H18BrNO2. The molecule has 1 saturated heterocycles. The lowest BCUT2D eigenvalue weighted by atomic mass is 9.82. The van der Waals surface area contributed by atoms with E-state index in [1.165, 1.54) is 0 Å². The Bertz CT molecular complexity index is 898. The number of anilines is 1. The molecule has 1 aliphatic rings. The van der Waals surface area contributed by atoms with Crippen LogP contribution in [-0.2, 0) is 9.53 Å². The average molecular weight is 408 g/mol. The first-order valence-corrected chi connectivity index (χ1v) is 9.35. The molecule has 0 spiro atoms. The van der Waals surface area contributed by atoms with Crippen LogP contribution in [0, 0.1) is 0 Å². The number of hydrogen-bond donors (Lipinski definition) is 1. The van der Waals surface area contributed by atoms with E-state index in [1.807, 2.05) is 72.8 Å². The summed E-state index contributed by atoms with van der Waals surface area (Å²) < 4.78 is 6.72. The third-order valence-corrected chi connectivity index (χ3v) is 5.39. The molecular weight excluding hydrogens is 390 g/mol. The summed E-state index contributed by atoms with van der Waals surface area (Å²) in [5, 5.41) is 3.40. The van der Waals surface area contributed by atoms with E-state index in [4.69, 9.17) is 4.74 Å². The van der Waals surface area contributed by atoms with E-state index < -0.39 is 6.23 Å². The van der Waals surface area contributed by atoms with Crippen LogP contribution in [0.2, 0.25) is 0 Å². The quantitative estimate of drug-likeness (QED) is 0.595. The number of carbonyl (C=O) groups is 1. The normalized spacial score (nSPS) is 22.0. The molecule has 1 N–H and O–H groups in total. The molecule has 0 bridgehead atoms. The van der Waals surface area contributed by atoms with Crippen LogP contribution in [0.4, 0.5) is 5.69 Å². The summed E-state index contributed by atoms with van der Waals surface area (Å²) in [5.41, 5.74) is 2.96. The second-order valence-electron chi connectivity index (χ2n) is 6.31. The summed E-state index contributed by atoms with van der Waals surface area (Å²) in [4.78, 5) is 12.8. The van der Waals surface area contributed by atoms with Gasteiger partial charge in [0.05, 0.1) is 17.5 Å². The number of cyclic esters (lactones) is 1. The van der Waals surface area contributed by atoms with Crippen molar-refractivity contribution in [1.82, 2.24) is 0 Å². The van der Waals surface area contributed by atoms with E-state index in [0.29, 0.717) is 0 Å². The highest BCUT2D eigenvalue weighted by atomic mass is 79.9. The van der Waals surface area contributed by atoms with Crippen molar-refractivity contribution in [2.45, 2.75) is 18.1 Å². The lowest BCUT2D eigenvalue weighted by molar-refractivity contribution is -0.141. The van der Waals surface area contributed by atoms with Crippen molar-refractivity contribution in [1.29, 1.82) is 0 Å². The summed E-state index contributed by atoms with van der Waals surface area (Å²) in [5.74, 6) is -0.647. The standard InChI is InChI=1S/C22H18BrNO2/c23-17-13-7-8-14-18(17)24-21-19(15-9-3-1-4-10-15)20(22(25)26-21)16-11-5-2-6-12-16/h1-14,19-21,24H. The van der Waals surface area contributed by atoms with Gasteiger partial charge in [0.15, 0.2) is 6.23 Å². The highest BCUT2D eigenvalue weighted by Gasteiger charge is 2.46. The van der Waals surface area contributed by atoms with Crippen LogP contribution in [0.1, 0.15) is 23.0 Å². The number of esters is 1. The third kappa shape index (κ3) is 3.25. The molecule has 1 heterocycles. The highest BCUT2D eigenvalue weighted by molar-refractivity contribution is 9.10. The summed E-state index contributed by atoms with van der Waals surface area (Å²) >= 11 is 3.55. The van der Waals surface area contributed by atoms with Crippen LogP contribution in [0.3, 0.4) is 0 Å². The van der Waals surface area contributed by atoms with Gasteiger partial charge in [-0.15, -0.1) is 0 Å². The molecule has 3 aromatic carbocycles. The summed E-state index contributed by atoms with van der Waals surface area (Å²) in [6.45, 7) is 0. The van der Waals surface area contributed by atoms with E-state index >= 15 is 0 Å². The number of para-hydroxylation sites is 1. The van der Waals surface area contributed by atoms with E-state index in [-0.39, 0.29) is 17.8 Å². The first kappa shape index (κ1) is 16.9. The van der Waals surface area contributed by atoms with Crippen molar-refractivity contribution in [3.05, 3.63) is 101 Å². The summed E-state index contributed by atoms with van der Waals surface area (Å²) in [6, 6.07) is 27.8. The Balaban J connectivity index is 1.74. The molecule has 4 heteroatoms. The summed E-state index contributed by atoms with van der Waals surface area (Å²) in [6.07, 6.45) is -0.436. The number of ether oxygens (including phenoxy) is 1. The van der Waals surface area contributed by atoms with Crippen molar-refractivity contribution in [2.75, 3.05) is 5.32 Å². The zero-order valence-corrected chi connectivity index (χ0v) is 15.6. The Morgan fingerprint density at radius 3 is 2.00 bits per heavy atom.